The van der Waals surface area contributed by atoms with Crippen LogP contribution in [0.5, 0.6) is 0 Å². The van der Waals surface area contributed by atoms with Gasteiger partial charge in [0, 0.05) is 5.75 Å². The van der Waals surface area contributed by atoms with Crippen molar-refractivity contribution in [2.75, 3.05) is 0 Å². The largest absolute Gasteiger partial charge is 0.416 e. The molecule has 24 heavy (non-hydrogen) atoms. The third kappa shape index (κ3) is 3.76. The van der Waals surface area contributed by atoms with Crippen LogP contribution in [0.25, 0.3) is 11.4 Å². The van der Waals surface area contributed by atoms with Crippen LogP contribution in [-0.2, 0) is 11.9 Å². The molecule has 0 amide bonds. The SMILES string of the molecule is Fc1ccccc1-c1nc(SCc2ccc(C(F)(F)F)cc2)n[nH]1. The summed E-state index contributed by atoms with van der Waals surface area (Å²) in [7, 11) is 0. The van der Waals surface area contributed by atoms with Crippen LogP contribution in [-0.4, -0.2) is 15.2 Å². The van der Waals surface area contributed by atoms with Crippen molar-refractivity contribution in [2.24, 2.45) is 0 Å². The maximum absolute atomic E-state index is 13.7. The fourth-order valence-electron chi connectivity index (χ4n) is 2.02. The van der Waals surface area contributed by atoms with Gasteiger partial charge in [0.05, 0.1) is 11.1 Å². The summed E-state index contributed by atoms with van der Waals surface area (Å²) in [6, 6.07) is 11.1. The van der Waals surface area contributed by atoms with E-state index < -0.39 is 17.6 Å². The molecule has 0 aliphatic rings. The monoisotopic (exact) mass is 353 g/mol. The van der Waals surface area contributed by atoms with E-state index >= 15 is 0 Å². The molecule has 0 atom stereocenters. The van der Waals surface area contributed by atoms with Crippen molar-refractivity contribution in [2.45, 2.75) is 17.1 Å². The number of alkyl halides is 3. The number of nitrogens with zero attached hydrogens (tertiary/aromatic N) is 2. The van der Waals surface area contributed by atoms with Crippen molar-refractivity contribution in [3.05, 3.63) is 65.5 Å². The number of hydrogen-bond donors (Lipinski definition) is 1. The Morgan fingerprint density at radius 2 is 1.71 bits per heavy atom. The molecule has 0 fully saturated rings. The van der Waals surface area contributed by atoms with Gasteiger partial charge in [-0.1, -0.05) is 36.0 Å². The summed E-state index contributed by atoms with van der Waals surface area (Å²) in [5, 5.41) is 7.04. The Bertz CT molecular complexity index is 828. The van der Waals surface area contributed by atoms with Crippen molar-refractivity contribution in [1.29, 1.82) is 0 Å². The molecule has 1 heterocycles. The van der Waals surface area contributed by atoms with Crippen LogP contribution in [0.4, 0.5) is 17.6 Å². The van der Waals surface area contributed by atoms with Gasteiger partial charge in [-0.25, -0.2) is 9.37 Å². The molecule has 1 aromatic heterocycles. The number of halogens is 4. The Morgan fingerprint density at radius 1 is 1.00 bits per heavy atom. The molecular formula is C16H11F4N3S. The number of benzene rings is 2. The van der Waals surface area contributed by atoms with Crippen molar-refractivity contribution in [1.82, 2.24) is 15.2 Å². The highest BCUT2D eigenvalue weighted by Gasteiger charge is 2.29. The van der Waals surface area contributed by atoms with E-state index in [1.807, 2.05) is 0 Å². The van der Waals surface area contributed by atoms with E-state index in [4.69, 9.17) is 0 Å². The van der Waals surface area contributed by atoms with Gasteiger partial charge in [-0.05, 0) is 29.8 Å². The molecular weight excluding hydrogens is 342 g/mol. The molecule has 0 unspecified atom stereocenters. The van der Waals surface area contributed by atoms with Gasteiger partial charge in [-0.15, -0.1) is 5.10 Å². The van der Waals surface area contributed by atoms with Gasteiger partial charge in [0.2, 0.25) is 5.16 Å². The number of H-pyrrole nitrogens is 1. The second kappa shape index (κ2) is 6.64. The van der Waals surface area contributed by atoms with Crippen molar-refractivity contribution in [3.8, 4) is 11.4 Å². The first-order chi connectivity index (χ1) is 11.4. The molecule has 0 radical (unpaired) electrons. The molecule has 3 aromatic rings. The predicted molar refractivity (Wildman–Crippen MR) is 82.8 cm³/mol. The number of aromatic nitrogens is 3. The van der Waals surface area contributed by atoms with Crippen LogP contribution in [0.15, 0.2) is 53.7 Å². The van der Waals surface area contributed by atoms with E-state index in [9.17, 15) is 17.6 Å². The van der Waals surface area contributed by atoms with Crippen molar-refractivity contribution < 1.29 is 17.6 Å². The fraction of sp³-hybridized carbons (Fsp3) is 0.125. The Hall–Kier alpha value is -2.35. The van der Waals surface area contributed by atoms with Gasteiger partial charge in [0.1, 0.15) is 5.82 Å². The molecule has 3 nitrogen and oxygen atoms in total. The van der Waals surface area contributed by atoms with E-state index in [1.54, 1.807) is 18.2 Å². The number of aromatic amines is 1. The van der Waals surface area contributed by atoms with Crippen LogP contribution < -0.4 is 0 Å². The molecule has 0 spiro atoms. The first kappa shape index (κ1) is 16.5. The van der Waals surface area contributed by atoms with E-state index in [1.165, 1.54) is 30.0 Å². The summed E-state index contributed by atoms with van der Waals surface area (Å²) in [5.41, 5.74) is 0.340. The normalized spacial score (nSPS) is 11.7. The van der Waals surface area contributed by atoms with Gasteiger partial charge in [-0.2, -0.15) is 13.2 Å². The van der Waals surface area contributed by atoms with Crippen LogP contribution in [0.2, 0.25) is 0 Å². The molecule has 2 aromatic carbocycles. The summed E-state index contributed by atoms with van der Waals surface area (Å²) in [6.07, 6.45) is -4.34. The summed E-state index contributed by atoms with van der Waals surface area (Å²) in [4.78, 5) is 4.19. The van der Waals surface area contributed by atoms with Gasteiger partial charge < -0.3 is 0 Å². The van der Waals surface area contributed by atoms with Gasteiger partial charge in [0.25, 0.3) is 0 Å². The van der Waals surface area contributed by atoms with Crippen molar-refractivity contribution in [3.63, 3.8) is 0 Å². The zero-order valence-electron chi connectivity index (χ0n) is 12.1. The maximum atomic E-state index is 13.7. The highest BCUT2D eigenvalue weighted by atomic mass is 32.2. The molecule has 0 bridgehead atoms. The third-order valence-electron chi connectivity index (χ3n) is 3.24. The molecule has 0 aliphatic heterocycles. The first-order valence-electron chi connectivity index (χ1n) is 6.90. The van der Waals surface area contributed by atoms with Gasteiger partial charge >= 0.3 is 6.18 Å². The molecule has 0 saturated heterocycles. The number of nitrogens with one attached hydrogen (secondary N) is 1. The lowest BCUT2D eigenvalue weighted by molar-refractivity contribution is -0.137. The topological polar surface area (TPSA) is 41.6 Å². The molecule has 3 rings (SSSR count). The molecule has 8 heteroatoms. The summed E-state index contributed by atoms with van der Waals surface area (Å²) >= 11 is 1.25. The quantitative estimate of drug-likeness (QED) is 0.535. The highest BCUT2D eigenvalue weighted by molar-refractivity contribution is 7.98. The van der Waals surface area contributed by atoms with Gasteiger partial charge in [-0.3, -0.25) is 5.10 Å². The minimum atomic E-state index is -4.34. The second-order valence-electron chi connectivity index (χ2n) is 4.93. The lowest BCUT2D eigenvalue weighted by Gasteiger charge is -2.06. The highest BCUT2D eigenvalue weighted by Crippen LogP contribution is 2.30. The Kier molecular flexibility index (Phi) is 4.57. The minimum absolute atomic E-state index is 0.308. The second-order valence-corrected chi connectivity index (χ2v) is 5.87. The average molecular weight is 353 g/mol. The van der Waals surface area contributed by atoms with E-state index in [2.05, 4.69) is 15.2 Å². The lowest BCUT2D eigenvalue weighted by Crippen LogP contribution is -2.04. The molecule has 0 saturated carbocycles. The Morgan fingerprint density at radius 3 is 2.38 bits per heavy atom. The van der Waals surface area contributed by atoms with Gasteiger partial charge in [0.15, 0.2) is 5.82 Å². The molecule has 124 valence electrons. The van der Waals surface area contributed by atoms with Crippen LogP contribution in [0.3, 0.4) is 0 Å². The molecule has 0 aliphatic carbocycles. The number of hydrogen-bond acceptors (Lipinski definition) is 3. The van der Waals surface area contributed by atoms with Crippen LogP contribution >= 0.6 is 11.8 Å². The smallest absolute Gasteiger partial charge is 0.258 e. The number of rotatable bonds is 4. The van der Waals surface area contributed by atoms with Crippen LogP contribution in [0.1, 0.15) is 11.1 Å². The zero-order valence-corrected chi connectivity index (χ0v) is 13.0. The standard InChI is InChI=1S/C16H11F4N3S/c17-13-4-2-1-3-12(13)14-21-15(23-22-14)24-9-10-5-7-11(8-6-10)16(18,19)20/h1-8H,9H2,(H,21,22,23). The fourth-order valence-corrected chi connectivity index (χ4v) is 2.78. The predicted octanol–water partition coefficient (Wildman–Crippen LogP) is 4.92. The molecule has 1 N–H and O–H groups in total. The Balaban J connectivity index is 1.67. The maximum Gasteiger partial charge on any atom is 0.416 e. The third-order valence-corrected chi connectivity index (χ3v) is 4.16. The van der Waals surface area contributed by atoms with Crippen molar-refractivity contribution >= 4 is 11.8 Å². The summed E-state index contributed by atoms with van der Waals surface area (Å²) in [6.45, 7) is 0. The number of thioether (sulfide) groups is 1. The average Bonchev–Trinajstić information content (AvgIpc) is 3.02. The Labute approximate surface area is 139 Å². The lowest BCUT2D eigenvalue weighted by atomic mass is 10.1. The van der Waals surface area contributed by atoms with E-state index in [0.717, 1.165) is 12.1 Å². The summed E-state index contributed by atoms with van der Waals surface area (Å²) in [5.74, 6) is 0.308. The van der Waals surface area contributed by atoms with Crippen LogP contribution in [0, 0.1) is 5.82 Å². The van der Waals surface area contributed by atoms with E-state index in [0.29, 0.717) is 27.9 Å². The first-order valence-corrected chi connectivity index (χ1v) is 7.88. The van der Waals surface area contributed by atoms with E-state index in [-0.39, 0.29) is 0 Å². The minimum Gasteiger partial charge on any atom is -0.258 e. The zero-order chi connectivity index (χ0) is 17.2. The summed E-state index contributed by atoms with van der Waals surface area (Å²) < 4.78 is 51.2.